The van der Waals surface area contributed by atoms with Gasteiger partial charge < -0.3 is 10.2 Å². The van der Waals surface area contributed by atoms with Crippen molar-refractivity contribution in [2.45, 2.75) is 50.6 Å². The summed E-state index contributed by atoms with van der Waals surface area (Å²) in [6.45, 7) is 2.81. The van der Waals surface area contributed by atoms with E-state index in [2.05, 4.69) is 24.3 Å². The van der Waals surface area contributed by atoms with Crippen LogP contribution in [-0.4, -0.2) is 31.1 Å². The summed E-state index contributed by atoms with van der Waals surface area (Å²) in [5.74, 6) is -1.00. The van der Waals surface area contributed by atoms with Crippen molar-refractivity contribution in [2.75, 3.05) is 20.6 Å². The van der Waals surface area contributed by atoms with Crippen LogP contribution in [0.5, 0.6) is 0 Å². The Labute approximate surface area is 126 Å². The minimum absolute atomic E-state index is 0.0528. The van der Waals surface area contributed by atoms with Gasteiger partial charge in [0, 0.05) is 11.6 Å². The van der Waals surface area contributed by atoms with Gasteiger partial charge in [-0.2, -0.15) is 0 Å². The molecule has 1 saturated carbocycles. The number of hydrogen-bond acceptors (Lipinski definition) is 2. The van der Waals surface area contributed by atoms with Crippen LogP contribution in [0.25, 0.3) is 0 Å². The number of hydrogen-bond donors (Lipinski definition) is 1. The van der Waals surface area contributed by atoms with Crippen LogP contribution >= 0.6 is 0 Å². The van der Waals surface area contributed by atoms with E-state index in [1.165, 1.54) is 18.6 Å². The first-order chi connectivity index (χ1) is 9.99. The molecule has 1 fully saturated rings. The van der Waals surface area contributed by atoms with E-state index in [9.17, 15) is 8.78 Å². The summed E-state index contributed by atoms with van der Waals surface area (Å²) in [4.78, 5) is 2.24. The summed E-state index contributed by atoms with van der Waals surface area (Å²) in [6, 6.07) is 3.82. The monoisotopic (exact) mass is 296 g/mol. The average Bonchev–Trinajstić information content (AvgIpc) is 2.44. The zero-order chi connectivity index (χ0) is 15.5. The molecule has 0 spiro atoms. The van der Waals surface area contributed by atoms with Crippen molar-refractivity contribution in [3.05, 3.63) is 35.4 Å². The highest BCUT2D eigenvalue weighted by Gasteiger charge is 2.42. The van der Waals surface area contributed by atoms with Crippen LogP contribution in [0, 0.1) is 11.6 Å². The van der Waals surface area contributed by atoms with E-state index in [0.29, 0.717) is 5.56 Å². The maximum atomic E-state index is 13.6. The first-order valence-corrected chi connectivity index (χ1v) is 7.86. The van der Waals surface area contributed by atoms with E-state index >= 15 is 0 Å². The molecule has 1 aliphatic rings. The minimum Gasteiger partial charge on any atom is -0.309 e. The Hall–Kier alpha value is -1.00. The molecule has 1 unspecified atom stereocenters. The number of halogens is 2. The molecule has 0 radical (unpaired) electrons. The van der Waals surface area contributed by atoms with E-state index < -0.39 is 11.6 Å². The Morgan fingerprint density at radius 3 is 2.14 bits per heavy atom. The molecule has 1 aromatic rings. The molecule has 0 bridgehead atoms. The van der Waals surface area contributed by atoms with Crippen molar-refractivity contribution < 1.29 is 8.78 Å². The minimum atomic E-state index is -0.502. The van der Waals surface area contributed by atoms with Crippen LogP contribution in [0.1, 0.15) is 50.6 Å². The fourth-order valence-corrected chi connectivity index (χ4v) is 3.72. The van der Waals surface area contributed by atoms with Crippen LogP contribution in [0.4, 0.5) is 8.78 Å². The van der Waals surface area contributed by atoms with Gasteiger partial charge >= 0.3 is 0 Å². The van der Waals surface area contributed by atoms with Gasteiger partial charge in [0.1, 0.15) is 11.6 Å². The predicted molar refractivity (Wildman–Crippen MR) is 82.3 cm³/mol. The van der Waals surface area contributed by atoms with Gasteiger partial charge in [0.2, 0.25) is 0 Å². The van der Waals surface area contributed by atoms with Gasteiger partial charge in [-0.1, -0.05) is 26.2 Å². The lowest BCUT2D eigenvalue weighted by Gasteiger charge is -2.49. The maximum absolute atomic E-state index is 13.6. The molecule has 4 heteroatoms. The maximum Gasteiger partial charge on any atom is 0.126 e. The summed E-state index contributed by atoms with van der Waals surface area (Å²) < 4.78 is 27.3. The summed E-state index contributed by atoms with van der Waals surface area (Å²) in [5.41, 5.74) is 0.638. The fourth-order valence-electron chi connectivity index (χ4n) is 3.72. The second kappa shape index (κ2) is 6.84. The summed E-state index contributed by atoms with van der Waals surface area (Å²) >= 11 is 0. The molecule has 0 aliphatic heterocycles. The molecule has 118 valence electrons. The highest BCUT2D eigenvalue weighted by molar-refractivity contribution is 5.26. The molecule has 1 aliphatic carbocycles. The lowest BCUT2D eigenvalue weighted by Crippen LogP contribution is -2.55. The Bertz CT molecular complexity index is 448. The molecule has 0 heterocycles. The molecule has 0 amide bonds. The number of likely N-dealkylation sites (N-methyl/N-ethyl adjacent to an activating group) is 2. The Balaban J connectivity index is 2.44. The van der Waals surface area contributed by atoms with Crippen molar-refractivity contribution in [1.82, 2.24) is 10.2 Å². The summed E-state index contributed by atoms with van der Waals surface area (Å²) in [6.07, 6.45) is 5.67. The lowest BCUT2D eigenvalue weighted by molar-refractivity contribution is 0.0568. The van der Waals surface area contributed by atoms with Crippen molar-refractivity contribution in [1.29, 1.82) is 0 Å². The normalized spacial score (nSPS) is 19.7. The average molecular weight is 296 g/mol. The summed E-state index contributed by atoms with van der Waals surface area (Å²) in [7, 11) is 4.15. The molecular weight excluding hydrogens is 270 g/mol. The van der Waals surface area contributed by atoms with Gasteiger partial charge in [0.05, 0.1) is 6.04 Å². The van der Waals surface area contributed by atoms with Crippen molar-refractivity contribution in [3.63, 3.8) is 0 Å². The van der Waals surface area contributed by atoms with E-state index in [1.807, 2.05) is 6.92 Å². The van der Waals surface area contributed by atoms with Gasteiger partial charge in [-0.3, -0.25) is 0 Å². The number of rotatable bonds is 5. The van der Waals surface area contributed by atoms with E-state index in [-0.39, 0.29) is 11.6 Å². The van der Waals surface area contributed by atoms with Crippen LogP contribution in [0.15, 0.2) is 18.2 Å². The Kier molecular flexibility index (Phi) is 5.33. The second-order valence-corrected chi connectivity index (χ2v) is 6.25. The van der Waals surface area contributed by atoms with Gasteiger partial charge in [-0.25, -0.2) is 8.78 Å². The Morgan fingerprint density at radius 1 is 1.10 bits per heavy atom. The van der Waals surface area contributed by atoms with E-state index in [4.69, 9.17) is 0 Å². The molecule has 2 rings (SSSR count). The zero-order valence-corrected chi connectivity index (χ0v) is 13.3. The van der Waals surface area contributed by atoms with Crippen molar-refractivity contribution >= 4 is 0 Å². The molecule has 1 N–H and O–H groups in total. The Morgan fingerprint density at radius 2 is 1.67 bits per heavy atom. The standard InChI is InChI=1S/C17H26F2N2/c1-4-20-16(13-10-14(18)12-15(19)11-13)17(21(2)3)8-6-5-7-9-17/h10-12,16,20H,4-9H2,1-3H3. The van der Waals surface area contributed by atoms with Crippen molar-refractivity contribution in [3.8, 4) is 0 Å². The molecule has 1 aromatic carbocycles. The van der Waals surface area contributed by atoms with Gasteiger partial charge in [0.25, 0.3) is 0 Å². The van der Waals surface area contributed by atoms with Crippen molar-refractivity contribution in [2.24, 2.45) is 0 Å². The molecule has 0 aromatic heterocycles. The number of nitrogens with one attached hydrogen (secondary N) is 1. The van der Waals surface area contributed by atoms with E-state index in [1.54, 1.807) is 0 Å². The number of benzene rings is 1. The largest absolute Gasteiger partial charge is 0.309 e. The first kappa shape index (κ1) is 16.4. The van der Waals surface area contributed by atoms with Gasteiger partial charge in [-0.05, 0) is 51.2 Å². The molecular formula is C17H26F2N2. The molecule has 0 saturated heterocycles. The van der Waals surface area contributed by atoms with Crippen LogP contribution < -0.4 is 5.32 Å². The highest BCUT2D eigenvalue weighted by Crippen LogP contribution is 2.42. The van der Waals surface area contributed by atoms with Crippen LogP contribution in [0.3, 0.4) is 0 Å². The first-order valence-electron chi connectivity index (χ1n) is 7.86. The third kappa shape index (κ3) is 3.43. The SMILES string of the molecule is CCNC(c1cc(F)cc(F)c1)C1(N(C)C)CCCCC1. The smallest absolute Gasteiger partial charge is 0.126 e. The quantitative estimate of drug-likeness (QED) is 0.887. The lowest BCUT2D eigenvalue weighted by atomic mass is 9.73. The summed E-state index contributed by atoms with van der Waals surface area (Å²) in [5, 5.41) is 3.47. The molecule has 2 nitrogen and oxygen atoms in total. The fraction of sp³-hybridized carbons (Fsp3) is 0.647. The third-order valence-corrected chi connectivity index (χ3v) is 4.77. The predicted octanol–water partition coefficient (Wildman–Crippen LogP) is 3.88. The number of nitrogens with zero attached hydrogens (tertiary/aromatic N) is 1. The zero-order valence-electron chi connectivity index (χ0n) is 13.3. The molecule has 1 atom stereocenters. The second-order valence-electron chi connectivity index (χ2n) is 6.25. The van der Waals surface area contributed by atoms with Gasteiger partial charge in [-0.15, -0.1) is 0 Å². The van der Waals surface area contributed by atoms with Crippen LogP contribution in [-0.2, 0) is 0 Å². The third-order valence-electron chi connectivity index (χ3n) is 4.77. The topological polar surface area (TPSA) is 15.3 Å². The molecule has 21 heavy (non-hydrogen) atoms. The van der Waals surface area contributed by atoms with Crippen LogP contribution in [0.2, 0.25) is 0 Å². The van der Waals surface area contributed by atoms with E-state index in [0.717, 1.165) is 38.3 Å². The van der Waals surface area contributed by atoms with Gasteiger partial charge in [0.15, 0.2) is 0 Å². The highest BCUT2D eigenvalue weighted by atomic mass is 19.1.